The van der Waals surface area contributed by atoms with E-state index in [1.165, 1.54) is 23.2 Å². The van der Waals surface area contributed by atoms with Gasteiger partial charge >= 0.3 is 0 Å². The van der Waals surface area contributed by atoms with Crippen molar-refractivity contribution in [1.29, 1.82) is 0 Å². The number of amides is 2. The predicted molar refractivity (Wildman–Crippen MR) is 133 cm³/mol. The second kappa shape index (κ2) is 10.6. The molecule has 10 nitrogen and oxygen atoms in total. The third kappa shape index (κ3) is 5.02. The minimum Gasteiger partial charge on any atom is -0.352 e. The van der Waals surface area contributed by atoms with E-state index in [1.807, 2.05) is 0 Å². The molecule has 0 spiro atoms. The largest absolute Gasteiger partial charge is 0.352 e. The molecule has 2 atom stereocenters. The molecule has 2 aliphatic rings. The lowest BCUT2D eigenvalue weighted by molar-refractivity contribution is -0.136. The summed E-state index contributed by atoms with van der Waals surface area (Å²) in [5.74, 6) is -0.773. The first-order valence-electron chi connectivity index (χ1n) is 11.8. The Hall–Kier alpha value is -3.57. The monoisotopic (exact) mass is 512 g/mol. The summed E-state index contributed by atoms with van der Waals surface area (Å²) < 4.78 is 27.2. The first kappa shape index (κ1) is 25.5. The van der Waals surface area contributed by atoms with Crippen molar-refractivity contribution < 1.29 is 22.8 Å². The van der Waals surface area contributed by atoms with E-state index < -0.39 is 32.6 Å². The van der Waals surface area contributed by atoms with Gasteiger partial charge in [-0.25, -0.2) is 8.42 Å². The Morgan fingerprint density at radius 2 is 1.89 bits per heavy atom. The highest BCUT2D eigenvalue weighted by molar-refractivity contribution is 7.89. The summed E-state index contributed by atoms with van der Waals surface area (Å²) in [4.78, 5) is 53.2. The van der Waals surface area contributed by atoms with Crippen LogP contribution in [0.4, 0.5) is 0 Å². The van der Waals surface area contributed by atoms with E-state index in [0.717, 1.165) is 9.87 Å². The van der Waals surface area contributed by atoms with Crippen LogP contribution in [0, 0.1) is 0 Å². The molecule has 190 valence electrons. The van der Waals surface area contributed by atoms with Crippen LogP contribution in [0.1, 0.15) is 41.6 Å². The number of hydrogen-bond acceptors (Lipinski definition) is 6. The van der Waals surface area contributed by atoms with Crippen molar-refractivity contribution in [2.45, 2.75) is 42.7 Å². The number of H-pyrrole nitrogens is 1. The number of rotatable bonds is 9. The van der Waals surface area contributed by atoms with Crippen molar-refractivity contribution in [3.63, 3.8) is 0 Å². The molecule has 2 unspecified atom stereocenters. The summed E-state index contributed by atoms with van der Waals surface area (Å²) in [7, 11) is -4.18. The predicted octanol–water partition coefficient (Wildman–Crippen LogP) is 1.16. The van der Waals surface area contributed by atoms with E-state index in [2.05, 4.69) is 16.9 Å². The first-order chi connectivity index (χ1) is 17.2. The Bertz CT molecular complexity index is 1330. The van der Waals surface area contributed by atoms with Gasteiger partial charge < -0.3 is 15.2 Å². The Labute approximate surface area is 209 Å². The molecule has 1 aromatic carbocycles. The highest BCUT2D eigenvalue weighted by Crippen LogP contribution is 2.33. The summed E-state index contributed by atoms with van der Waals surface area (Å²) in [5, 5.41) is 2.82. The number of carbonyl (C=O) groups is 3. The normalized spacial score (nSPS) is 19.8. The van der Waals surface area contributed by atoms with E-state index in [0.29, 0.717) is 31.4 Å². The number of sulfonamides is 1. The molecular formula is C25H28N4O6S. The van der Waals surface area contributed by atoms with Crippen molar-refractivity contribution in [2.24, 2.45) is 0 Å². The molecule has 2 N–H and O–H groups in total. The van der Waals surface area contributed by atoms with Gasteiger partial charge in [0.25, 0.3) is 11.5 Å². The van der Waals surface area contributed by atoms with E-state index in [4.69, 9.17) is 0 Å². The highest BCUT2D eigenvalue weighted by Gasteiger charge is 2.53. The molecule has 36 heavy (non-hydrogen) atoms. The molecule has 4 rings (SSSR count). The number of pyridine rings is 1. The van der Waals surface area contributed by atoms with Crippen LogP contribution in [0.15, 0.2) is 58.9 Å². The summed E-state index contributed by atoms with van der Waals surface area (Å²) in [5.41, 5.74) is 0.709. The SMILES string of the molecule is C=Cc1ccc(C(=O)NCCCCC(=O)N2CCC3C2C(=O)CN3S(=O)(=O)c2ccc[nH]c2=O)cc1. The fourth-order valence-corrected chi connectivity index (χ4v) is 6.40. The van der Waals surface area contributed by atoms with Gasteiger partial charge in [0.2, 0.25) is 15.9 Å². The lowest BCUT2D eigenvalue weighted by atomic mass is 10.1. The second-order valence-corrected chi connectivity index (χ2v) is 10.7. The molecule has 0 aliphatic carbocycles. The Morgan fingerprint density at radius 3 is 2.58 bits per heavy atom. The topological polar surface area (TPSA) is 137 Å². The number of benzene rings is 1. The lowest BCUT2D eigenvalue weighted by Gasteiger charge is -2.24. The molecule has 0 radical (unpaired) electrons. The molecule has 1 aromatic heterocycles. The second-order valence-electron chi connectivity index (χ2n) is 8.81. The van der Waals surface area contributed by atoms with Crippen molar-refractivity contribution in [3.8, 4) is 0 Å². The van der Waals surface area contributed by atoms with Gasteiger partial charge in [0, 0.05) is 31.3 Å². The maximum absolute atomic E-state index is 13.1. The van der Waals surface area contributed by atoms with Crippen LogP contribution < -0.4 is 10.9 Å². The van der Waals surface area contributed by atoms with E-state index in [-0.39, 0.29) is 37.1 Å². The van der Waals surface area contributed by atoms with E-state index in [1.54, 1.807) is 30.3 Å². The molecule has 3 heterocycles. The molecule has 0 bridgehead atoms. The van der Waals surface area contributed by atoms with Gasteiger partial charge in [-0.3, -0.25) is 19.2 Å². The van der Waals surface area contributed by atoms with Gasteiger partial charge in [0.15, 0.2) is 5.78 Å². The number of unbranched alkanes of at least 4 members (excludes halogenated alkanes) is 1. The van der Waals surface area contributed by atoms with Gasteiger partial charge in [-0.15, -0.1) is 0 Å². The number of aromatic nitrogens is 1. The number of aromatic amines is 1. The number of nitrogens with one attached hydrogen (secondary N) is 2. The molecule has 0 saturated carbocycles. The minimum absolute atomic E-state index is 0.186. The quantitative estimate of drug-likeness (QED) is 0.484. The minimum atomic E-state index is -4.18. The summed E-state index contributed by atoms with van der Waals surface area (Å²) in [6.45, 7) is 3.99. The van der Waals surface area contributed by atoms with Crippen molar-refractivity contribution in [3.05, 3.63) is 70.7 Å². The third-order valence-electron chi connectivity index (χ3n) is 6.58. The van der Waals surface area contributed by atoms with Crippen LogP contribution >= 0.6 is 0 Å². The lowest BCUT2D eigenvalue weighted by Crippen LogP contribution is -2.44. The Morgan fingerprint density at radius 1 is 1.14 bits per heavy atom. The zero-order valence-electron chi connectivity index (χ0n) is 19.7. The number of ketones is 1. The standard InChI is InChI=1S/C25H28N4O6S/c1-2-17-8-10-18(11-9-17)24(32)26-13-4-3-7-22(31)28-15-12-19-23(28)20(30)16-29(19)36(34,35)21-6-5-14-27-25(21)33/h2,5-6,8-11,14,19,23H,1,3-4,7,12-13,15-16H2,(H,26,32)(H,27,33). The molecule has 11 heteroatoms. The van der Waals surface area contributed by atoms with Gasteiger partial charge in [0.1, 0.15) is 10.9 Å². The van der Waals surface area contributed by atoms with Crippen LogP contribution in [-0.4, -0.2) is 71.9 Å². The average molecular weight is 513 g/mol. The zero-order valence-corrected chi connectivity index (χ0v) is 20.5. The summed E-state index contributed by atoms with van der Waals surface area (Å²) in [6, 6.07) is 8.14. The van der Waals surface area contributed by atoms with Crippen molar-refractivity contribution in [2.75, 3.05) is 19.6 Å². The smallest absolute Gasteiger partial charge is 0.268 e. The Kier molecular flexibility index (Phi) is 7.51. The number of fused-ring (bicyclic) bond motifs is 1. The number of hydrogen-bond donors (Lipinski definition) is 2. The number of Topliss-reactive ketones (excluding diaryl/α,β-unsaturated/α-hetero) is 1. The first-order valence-corrected chi connectivity index (χ1v) is 13.2. The molecule has 2 aromatic rings. The highest BCUT2D eigenvalue weighted by atomic mass is 32.2. The van der Waals surface area contributed by atoms with Crippen LogP contribution in [0.2, 0.25) is 0 Å². The van der Waals surface area contributed by atoms with Crippen LogP contribution in [0.25, 0.3) is 6.08 Å². The fourth-order valence-electron chi connectivity index (χ4n) is 4.73. The molecule has 2 fully saturated rings. The molecular weight excluding hydrogens is 484 g/mol. The molecule has 2 amide bonds. The zero-order chi connectivity index (χ0) is 25.9. The van der Waals surface area contributed by atoms with Gasteiger partial charge in [0.05, 0.1) is 12.6 Å². The van der Waals surface area contributed by atoms with Gasteiger partial charge in [-0.1, -0.05) is 24.8 Å². The van der Waals surface area contributed by atoms with E-state index >= 15 is 0 Å². The van der Waals surface area contributed by atoms with Crippen LogP contribution in [0.3, 0.4) is 0 Å². The summed E-state index contributed by atoms with van der Waals surface area (Å²) in [6.07, 6.45) is 4.63. The van der Waals surface area contributed by atoms with Crippen LogP contribution in [-0.2, 0) is 19.6 Å². The maximum atomic E-state index is 13.1. The third-order valence-corrected chi connectivity index (χ3v) is 8.47. The van der Waals surface area contributed by atoms with Crippen molar-refractivity contribution >= 4 is 33.7 Å². The number of carbonyl (C=O) groups excluding carboxylic acids is 3. The van der Waals surface area contributed by atoms with E-state index in [9.17, 15) is 27.6 Å². The molecule has 2 saturated heterocycles. The number of nitrogens with zero attached hydrogens (tertiary/aromatic N) is 2. The van der Waals surface area contributed by atoms with Gasteiger partial charge in [-0.05, 0) is 49.1 Å². The van der Waals surface area contributed by atoms with Crippen LogP contribution in [0.5, 0.6) is 0 Å². The number of likely N-dealkylation sites (tertiary alicyclic amines) is 1. The average Bonchev–Trinajstić information content (AvgIpc) is 3.45. The Balaban J connectivity index is 1.29. The summed E-state index contributed by atoms with van der Waals surface area (Å²) >= 11 is 0. The fraction of sp³-hybridized carbons (Fsp3) is 0.360. The van der Waals surface area contributed by atoms with Gasteiger partial charge in [-0.2, -0.15) is 4.31 Å². The molecule has 2 aliphatic heterocycles. The maximum Gasteiger partial charge on any atom is 0.268 e. The van der Waals surface area contributed by atoms with Crippen molar-refractivity contribution in [1.82, 2.24) is 19.5 Å².